The lowest BCUT2D eigenvalue weighted by Crippen LogP contribution is -2.34. The van der Waals surface area contributed by atoms with Gasteiger partial charge >= 0.3 is 5.97 Å². The second kappa shape index (κ2) is 7.52. The van der Waals surface area contributed by atoms with Gasteiger partial charge in [-0.2, -0.15) is 0 Å². The van der Waals surface area contributed by atoms with Crippen molar-refractivity contribution in [3.05, 3.63) is 27.2 Å². The lowest BCUT2D eigenvalue weighted by molar-refractivity contribution is 0.0678. The summed E-state index contributed by atoms with van der Waals surface area (Å²) in [6.07, 6.45) is -1.01. The fourth-order valence-electron chi connectivity index (χ4n) is 1.42. The second-order valence-electron chi connectivity index (χ2n) is 4.03. The molecule has 0 amide bonds. The molecule has 7 nitrogen and oxygen atoms in total. The molecule has 118 valence electrons. The lowest BCUT2D eigenvalue weighted by Gasteiger charge is -2.12. The van der Waals surface area contributed by atoms with Crippen LogP contribution in [0.3, 0.4) is 0 Å². The molecule has 1 rings (SSSR count). The van der Waals surface area contributed by atoms with Crippen LogP contribution in [0.2, 0.25) is 5.02 Å². The van der Waals surface area contributed by atoms with Gasteiger partial charge in [0.2, 0.25) is 10.0 Å². The summed E-state index contributed by atoms with van der Waals surface area (Å²) >= 11 is 8.79. The van der Waals surface area contributed by atoms with Gasteiger partial charge in [-0.25, -0.2) is 17.9 Å². The monoisotopic (exact) mass is 401 g/mol. The first-order valence-corrected chi connectivity index (χ1v) is 8.23. The average molecular weight is 403 g/mol. The second-order valence-corrected chi connectivity index (χ2v) is 7.03. The first-order valence-electron chi connectivity index (χ1n) is 5.58. The van der Waals surface area contributed by atoms with Crippen LogP contribution in [0.5, 0.6) is 0 Å². The molecular weight excluding hydrogens is 390 g/mol. The number of sulfonamides is 1. The summed E-state index contributed by atoms with van der Waals surface area (Å²) in [4.78, 5) is 10.8. The quantitative estimate of drug-likeness (QED) is 0.629. The maximum Gasteiger partial charge on any atom is 0.337 e. The summed E-state index contributed by atoms with van der Waals surface area (Å²) in [7, 11) is -2.62. The number of carboxylic acids is 1. The highest BCUT2D eigenvalue weighted by molar-refractivity contribution is 9.10. The molecule has 0 saturated carbocycles. The van der Waals surface area contributed by atoms with E-state index in [2.05, 4.69) is 25.4 Å². The van der Waals surface area contributed by atoms with Crippen molar-refractivity contribution in [3.63, 3.8) is 0 Å². The Morgan fingerprint density at radius 1 is 1.52 bits per heavy atom. The van der Waals surface area contributed by atoms with Crippen molar-refractivity contribution in [3.8, 4) is 0 Å². The Morgan fingerprint density at radius 3 is 2.67 bits per heavy atom. The van der Waals surface area contributed by atoms with Crippen molar-refractivity contribution in [1.29, 1.82) is 0 Å². The molecule has 0 aliphatic heterocycles. The Balaban J connectivity index is 3.06. The third kappa shape index (κ3) is 4.90. The molecule has 0 aromatic heterocycles. The van der Waals surface area contributed by atoms with E-state index in [0.717, 1.165) is 6.07 Å². The van der Waals surface area contributed by atoms with E-state index in [1.807, 2.05) is 0 Å². The van der Waals surface area contributed by atoms with Crippen LogP contribution in [0.25, 0.3) is 0 Å². The summed E-state index contributed by atoms with van der Waals surface area (Å²) in [5.74, 6) is -1.35. The number of aliphatic hydroxyl groups excluding tert-OH is 1. The smallest absolute Gasteiger partial charge is 0.337 e. The molecule has 0 saturated heterocycles. The van der Waals surface area contributed by atoms with Gasteiger partial charge in [-0.15, -0.1) is 0 Å². The fraction of sp³-hybridized carbons (Fsp3) is 0.364. The number of aromatic carboxylic acids is 1. The van der Waals surface area contributed by atoms with Gasteiger partial charge in [0, 0.05) is 18.1 Å². The summed E-state index contributed by atoms with van der Waals surface area (Å²) in [6, 6.07) is 2.13. The lowest BCUT2D eigenvalue weighted by atomic mass is 10.2. The minimum Gasteiger partial charge on any atom is -0.478 e. The van der Waals surface area contributed by atoms with Crippen molar-refractivity contribution in [2.45, 2.75) is 11.0 Å². The molecule has 0 fully saturated rings. The van der Waals surface area contributed by atoms with Gasteiger partial charge < -0.3 is 14.9 Å². The van der Waals surface area contributed by atoms with Crippen LogP contribution >= 0.6 is 27.5 Å². The number of aliphatic hydroxyl groups is 1. The van der Waals surface area contributed by atoms with E-state index >= 15 is 0 Å². The average Bonchev–Trinajstić information content (AvgIpc) is 2.39. The predicted molar refractivity (Wildman–Crippen MR) is 79.2 cm³/mol. The van der Waals surface area contributed by atoms with Crippen molar-refractivity contribution >= 4 is 43.5 Å². The highest BCUT2D eigenvalue weighted by Crippen LogP contribution is 2.29. The molecule has 1 atom stereocenters. The van der Waals surface area contributed by atoms with Gasteiger partial charge in [0.05, 0.1) is 28.2 Å². The SMILES string of the molecule is COCC(O)CNS(=O)(=O)c1cc(Br)c(Cl)c(C(=O)O)c1. The Morgan fingerprint density at radius 2 is 2.14 bits per heavy atom. The van der Waals surface area contributed by atoms with E-state index in [0.29, 0.717) is 0 Å². The zero-order valence-electron chi connectivity index (χ0n) is 10.8. The number of ether oxygens (including phenoxy) is 1. The van der Waals surface area contributed by atoms with Crippen LogP contribution in [0.4, 0.5) is 0 Å². The van der Waals surface area contributed by atoms with E-state index in [4.69, 9.17) is 16.7 Å². The minimum atomic E-state index is -3.99. The molecule has 1 aromatic rings. The van der Waals surface area contributed by atoms with Crippen molar-refractivity contribution in [1.82, 2.24) is 4.72 Å². The molecule has 21 heavy (non-hydrogen) atoms. The van der Waals surface area contributed by atoms with Gasteiger partial charge in [0.1, 0.15) is 0 Å². The predicted octanol–water partition coefficient (Wildman–Crippen LogP) is 1.09. The van der Waals surface area contributed by atoms with Gasteiger partial charge in [-0.1, -0.05) is 11.6 Å². The molecule has 0 aliphatic carbocycles. The van der Waals surface area contributed by atoms with E-state index in [-0.39, 0.29) is 33.1 Å². The number of carboxylic acid groups (broad SMARTS) is 1. The van der Waals surface area contributed by atoms with Gasteiger partial charge in [0.15, 0.2) is 0 Å². The maximum absolute atomic E-state index is 12.1. The van der Waals surface area contributed by atoms with Crippen LogP contribution in [-0.4, -0.2) is 51.0 Å². The Hall–Kier alpha value is -0.710. The molecule has 1 aromatic carbocycles. The Kier molecular flexibility index (Phi) is 6.57. The van der Waals surface area contributed by atoms with Crippen molar-refractivity contribution < 1.29 is 28.2 Å². The highest BCUT2D eigenvalue weighted by atomic mass is 79.9. The number of carbonyl (C=O) groups is 1. The largest absolute Gasteiger partial charge is 0.478 e. The molecule has 0 bridgehead atoms. The summed E-state index contributed by atoms with van der Waals surface area (Å²) in [6.45, 7) is -0.300. The number of nitrogens with one attached hydrogen (secondary N) is 1. The number of methoxy groups -OCH3 is 1. The van der Waals surface area contributed by atoms with Crippen LogP contribution in [0.1, 0.15) is 10.4 Å². The molecule has 1 unspecified atom stereocenters. The molecule has 0 heterocycles. The first kappa shape index (κ1) is 18.3. The van der Waals surface area contributed by atoms with Crippen molar-refractivity contribution in [2.24, 2.45) is 0 Å². The molecular formula is C11H13BrClNO6S. The van der Waals surface area contributed by atoms with Crippen LogP contribution in [-0.2, 0) is 14.8 Å². The van der Waals surface area contributed by atoms with Gasteiger partial charge in [-0.3, -0.25) is 0 Å². The molecule has 0 spiro atoms. The Labute approximate surface area is 135 Å². The number of benzene rings is 1. The number of rotatable bonds is 7. The van der Waals surface area contributed by atoms with E-state index in [1.165, 1.54) is 13.2 Å². The number of halogens is 2. The topological polar surface area (TPSA) is 113 Å². The standard InChI is InChI=1S/C11H13BrClNO6S/c1-20-5-6(15)4-14-21(18,19)7-2-8(11(16)17)10(13)9(12)3-7/h2-3,6,14-15H,4-5H2,1H3,(H,16,17). The zero-order valence-corrected chi connectivity index (χ0v) is 14.0. The number of hydrogen-bond acceptors (Lipinski definition) is 5. The van der Waals surface area contributed by atoms with Gasteiger partial charge in [0.25, 0.3) is 0 Å². The van der Waals surface area contributed by atoms with Gasteiger partial charge in [-0.05, 0) is 28.1 Å². The van der Waals surface area contributed by atoms with Crippen LogP contribution < -0.4 is 4.72 Å². The summed E-state index contributed by atoms with van der Waals surface area (Å²) in [5.41, 5.74) is -0.344. The normalized spacial score (nSPS) is 13.1. The summed E-state index contributed by atoms with van der Waals surface area (Å²) < 4.78 is 31.1. The van der Waals surface area contributed by atoms with E-state index < -0.39 is 22.1 Å². The van der Waals surface area contributed by atoms with E-state index in [9.17, 15) is 18.3 Å². The third-order valence-electron chi connectivity index (χ3n) is 2.41. The van der Waals surface area contributed by atoms with Crippen molar-refractivity contribution in [2.75, 3.05) is 20.3 Å². The fourth-order valence-corrected chi connectivity index (χ4v) is 3.34. The third-order valence-corrected chi connectivity index (χ3v) is 5.07. The minimum absolute atomic E-state index is 0.0345. The molecule has 10 heteroatoms. The maximum atomic E-state index is 12.1. The Bertz CT molecular complexity index is 636. The first-order chi connectivity index (χ1) is 9.69. The van der Waals surface area contributed by atoms with E-state index in [1.54, 1.807) is 0 Å². The molecule has 3 N–H and O–H groups in total. The molecule has 0 aliphatic rings. The number of hydrogen-bond donors (Lipinski definition) is 3. The summed E-state index contributed by atoms with van der Waals surface area (Å²) in [5, 5.41) is 18.3. The molecule has 0 radical (unpaired) electrons. The van der Waals surface area contributed by atoms with Crippen LogP contribution in [0, 0.1) is 0 Å². The highest BCUT2D eigenvalue weighted by Gasteiger charge is 2.21. The zero-order chi connectivity index (χ0) is 16.2. The van der Waals surface area contributed by atoms with Crippen LogP contribution in [0.15, 0.2) is 21.5 Å².